The van der Waals surface area contributed by atoms with Gasteiger partial charge in [0, 0.05) is 25.7 Å². The molecular formula is C16H33N3O. The molecule has 3 atom stereocenters. The summed E-state index contributed by atoms with van der Waals surface area (Å²) < 4.78 is 6.21. The van der Waals surface area contributed by atoms with E-state index in [9.17, 15) is 0 Å². The van der Waals surface area contributed by atoms with Gasteiger partial charge in [-0.05, 0) is 52.4 Å². The highest BCUT2D eigenvalue weighted by Crippen LogP contribution is 2.22. The van der Waals surface area contributed by atoms with Crippen LogP contribution in [0.4, 0.5) is 0 Å². The van der Waals surface area contributed by atoms with E-state index >= 15 is 0 Å². The molecule has 2 aliphatic heterocycles. The van der Waals surface area contributed by atoms with Gasteiger partial charge in [0.25, 0.3) is 0 Å². The molecule has 0 aliphatic carbocycles. The second-order valence-corrected chi connectivity index (χ2v) is 6.44. The third kappa shape index (κ3) is 4.69. The molecule has 0 amide bonds. The highest BCUT2D eigenvalue weighted by Gasteiger charge is 2.29. The average molecular weight is 283 g/mol. The summed E-state index contributed by atoms with van der Waals surface area (Å²) in [6, 6.07) is 0.707. The van der Waals surface area contributed by atoms with Gasteiger partial charge in [0.1, 0.15) is 0 Å². The monoisotopic (exact) mass is 283 g/mol. The predicted molar refractivity (Wildman–Crippen MR) is 84.2 cm³/mol. The summed E-state index contributed by atoms with van der Waals surface area (Å²) in [6.45, 7) is 11.4. The normalized spacial score (nSPS) is 33.5. The van der Waals surface area contributed by atoms with Crippen molar-refractivity contribution in [1.82, 2.24) is 15.1 Å². The highest BCUT2D eigenvalue weighted by molar-refractivity contribution is 4.83. The summed E-state index contributed by atoms with van der Waals surface area (Å²) in [5.74, 6) is 0. The molecule has 2 saturated heterocycles. The first-order chi connectivity index (χ1) is 9.72. The molecule has 0 aromatic heterocycles. The van der Waals surface area contributed by atoms with E-state index in [4.69, 9.17) is 4.74 Å². The number of nitrogens with one attached hydrogen (secondary N) is 1. The van der Waals surface area contributed by atoms with Crippen molar-refractivity contribution in [3.05, 3.63) is 0 Å². The zero-order valence-electron chi connectivity index (χ0n) is 13.6. The zero-order valence-corrected chi connectivity index (χ0v) is 13.6. The van der Waals surface area contributed by atoms with Gasteiger partial charge < -0.3 is 15.0 Å². The molecule has 2 rings (SSSR count). The maximum absolute atomic E-state index is 6.21. The first kappa shape index (κ1) is 16.2. The van der Waals surface area contributed by atoms with E-state index in [1.807, 2.05) is 0 Å². The molecular weight excluding hydrogens is 250 g/mol. The van der Waals surface area contributed by atoms with Gasteiger partial charge in [0.05, 0.1) is 12.2 Å². The predicted octanol–water partition coefficient (Wildman–Crippen LogP) is 1.56. The molecule has 0 spiro atoms. The van der Waals surface area contributed by atoms with Crippen molar-refractivity contribution in [2.24, 2.45) is 0 Å². The van der Waals surface area contributed by atoms with Crippen LogP contribution < -0.4 is 5.32 Å². The molecule has 0 aromatic carbocycles. The van der Waals surface area contributed by atoms with Crippen molar-refractivity contribution in [3.63, 3.8) is 0 Å². The van der Waals surface area contributed by atoms with Crippen LogP contribution in [0.1, 0.15) is 39.5 Å². The maximum atomic E-state index is 6.21. The molecule has 4 nitrogen and oxygen atoms in total. The van der Waals surface area contributed by atoms with Crippen molar-refractivity contribution < 1.29 is 4.74 Å². The third-order valence-electron chi connectivity index (χ3n) is 4.75. The van der Waals surface area contributed by atoms with Gasteiger partial charge in [-0.3, -0.25) is 4.90 Å². The summed E-state index contributed by atoms with van der Waals surface area (Å²) >= 11 is 0. The molecule has 0 radical (unpaired) electrons. The van der Waals surface area contributed by atoms with Crippen LogP contribution in [0.15, 0.2) is 0 Å². The van der Waals surface area contributed by atoms with Gasteiger partial charge in [-0.15, -0.1) is 0 Å². The van der Waals surface area contributed by atoms with E-state index in [0.717, 1.165) is 19.6 Å². The molecule has 3 unspecified atom stereocenters. The number of rotatable bonds is 6. The Bertz CT molecular complexity index is 274. The summed E-state index contributed by atoms with van der Waals surface area (Å²) in [4.78, 5) is 5.17. The van der Waals surface area contributed by atoms with E-state index in [1.165, 1.54) is 45.3 Å². The Morgan fingerprint density at radius 3 is 2.70 bits per heavy atom. The quantitative estimate of drug-likeness (QED) is 0.801. The standard InChI is InChI=1S/C16H33N3O/c1-4-14-12-18(3)9-6-10-19(14)13-16-8-7-15(20-16)11-17-5-2/h14-17H,4-13H2,1-3H3. The number of hydrogen-bond acceptors (Lipinski definition) is 4. The molecule has 20 heavy (non-hydrogen) atoms. The van der Waals surface area contributed by atoms with Crippen molar-refractivity contribution in [3.8, 4) is 0 Å². The van der Waals surface area contributed by atoms with Crippen LogP contribution >= 0.6 is 0 Å². The van der Waals surface area contributed by atoms with Crippen LogP contribution in [-0.4, -0.2) is 74.4 Å². The molecule has 0 saturated carbocycles. The number of hydrogen-bond donors (Lipinski definition) is 1. The van der Waals surface area contributed by atoms with Gasteiger partial charge in [-0.25, -0.2) is 0 Å². The summed E-state index contributed by atoms with van der Waals surface area (Å²) in [5, 5.41) is 3.40. The van der Waals surface area contributed by atoms with Crippen molar-refractivity contribution in [1.29, 1.82) is 0 Å². The Balaban J connectivity index is 1.79. The average Bonchev–Trinajstić information content (AvgIpc) is 2.81. The van der Waals surface area contributed by atoms with Gasteiger partial charge in [0.15, 0.2) is 0 Å². The summed E-state index contributed by atoms with van der Waals surface area (Å²) in [5.41, 5.74) is 0. The molecule has 4 heteroatoms. The Morgan fingerprint density at radius 1 is 1.15 bits per heavy atom. The van der Waals surface area contributed by atoms with Crippen LogP contribution in [0, 0.1) is 0 Å². The highest BCUT2D eigenvalue weighted by atomic mass is 16.5. The van der Waals surface area contributed by atoms with E-state index in [0.29, 0.717) is 18.2 Å². The second kappa shape index (κ2) is 8.32. The molecule has 2 aliphatic rings. The lowest BCUT2D eigenvalue weighted by Crippen LogP contribution is -2.43. The van der Waals surface area contributed by atoms with E-state index in [-0.39, 0.29) is 0 Å². The molecule has 0 bridgehead atoms. The Hall–Kier alpha value is -0.160. The molecule has 2 heterocycles. The summed E-state index contributed by atoms with van der Waals surface area (Å²) in [6.07, 6.45) is 5.89. The van der Waals surface area contributed by atoms with Crippen LogP contribution in [0.5, 0.6) is 0 Å². The largest absolute Gasteiger partial charge is 0.372 e. The SMILES string of the molecule is CCNCC1CCC(CN2CCCN(C)CC2CC)O1. The fourth-order valence-electron chi connectivity index (χ4n) is 3.55. The lowest BCUT2D eigenvalue weighted by atomic mass is 10.1. The van der Waals surface area contributed by atoms with Crippen LogP contribution in [0.2, 0.25) is 0 Å². The van der Waals surface area contributed by atoms with Gasteiger partial charge in [-0.1, -0.05) is 13.8 Å². The molecule has 1 N–H and O–H groups in total. The van der Waals surface area contributed by atoms with E-state index < -0.39 is 0 Å². The van der Waals surface area contributed by atoms with Crippen LogP contribution in [0.25, 0.3) is 0 Å². The fraction of sp³-hybridized carbons (Fsp3) is 1.00. The lowest BCUT2D eigenvalue weighted by Gasteiger charge is -2.32. The van der Waals surface area contributed by atoms with Crippen LogP contribution in [0.3, 0.4) is 0 Å². The van der Waals surface area contributed by atoms with Gasteiger partial charge in [0.2, 0.25) is 0 Å². The second-order valence-electron chi connectivity index (χ2n) is 6.44. The minimum absolute atomic E-state index is 0.440. The third-order valence-corrected chi connectivity index (χ3v) is 4.75. The van der Waals surface area contributed by atoms with Crippen molar-refractivity contribution >= 4 is 0 Å². The van der Waals surface area contributed by atoms with Gasteiger partial charge in [-0.2, -0.15) is 0 Å². The maximum Gasteiger partial charge on any atom is 0.0707 e. The topological polar surface area (TPSA) is 27.7 Å². The minimum atomic E-state index is 0.440. The van der Waals surface area contributed by atoms with Crippen LogP contribution in [-0.2, 0) is 4.74 Å². The van der Waals surface area contributed by atoms with E-state index in [1.54, 1.807) is 0 Å². The van der Waals surface area contributed by atoms with E-state index in [2.05, 4.69) is 36.0 Å². The Kier molecular flexibility index (Phi) is 6.75. The first-order valence-electron chi connectivity index (χ1n) is 8.51. The summed E-state index contributed by atoms with van der Waals surface area (Å²) in [7, 11) is 2.25. The van der Waals surface area contributed by atoms with Crippen molar-refractivity contribution in [2.45, 2.75) is 57.8 Å². The van der Waals surface area contributed by atoms with Gasteiger partial charge >= 0.3 is 0 Å². The smallest absolute Gasteiger partial charge is 0.0707 e. The number of nitrogens with zero attached hydrogens (tertiary/aromatic N) is 2. The number of ether oxygens (including phenoxy) is 1. The molecule has 0 aromatic rings. The Morgan fingerprint density at radius 2 is 1.95 bits per heavy atom. The van der Waals surface area contributed by atoms with Crippen molar-refractivity contribution in [2.75, 3.05) is 46.3 Å². The zero-order chi connectivity index (χ0) is 14.4. The Labute approximate surface area is 124 Å². The number of likely N-dealkylation sites (N-methyl/N-ethyl adjacent to an activating group) is 2. The fourth-order valence-corrected chi connectivity index (χ4v) is 3.55. The minimum Gasteiger partial charge on any atom is -0.372 e. The first-order valence-corrected chi connectivity index (χ1v) is 8.51. The lowest BCUT2D eigenvalue weighted by molar-refractivity contribution is 0.0145. The molecule has 2 fully saturated rings. The molecule has 118 valence electrons.